The number of aryl methyl sites for hydroxylation is 1. The second kappa shape index (κ2) is 4.43. The largest absolute Gasteiger partial charge is 0.323 e. The molecule has 0 spiro atoms. The standard InChI is InChI=1S/C10H15NS/c1-3-4-5-9(11)10-7-6-8(2)12-10/h3,6-7,9H,1,4-5,11H2,2H3/t9-/m0/s1. The average molecular weight is 181 g/mol. The van der Waals surface area contributed by atoms with Crippen molar-refractivity contribution in [3.8, 4) is 0 Å². The SMILES string of the molecule is C=CCC[C@H](N)c1ccc(C)s1. The molecule has 1 aromatic rings. The van der Waals surface area contributed by atoms with Crippen molar-refractivity contribution in [3.63, 3.8) is 0 Å². The van der Waals surface area contributed by atoms with E-state index in [9.17, 15) is 0 Å². The summed E-state index contributed by atoms with van der Waals surface area (Å²) in [6.45, 7) is 5.78. The highest BCUT2D eigenvalue weighted by Gasteiger charge is 2.06. The van der Waals surface area contributed by atoms with Gasteiger partial charge in [0.25, 0.3) is 0 Å². The van der Waals surface area contributed by atoms with Crippen LogP contribution < -0.4 is 5.73 Å². The molecule has 0 unspecified atom stereocenters. The minimum atomic E-state index is 0.196. The summed E-state index contributed by atoms with van der Waals surface area (Å²) in [6, 6.07) is 4.43. The second-order valence-electron chi connectivity index (χ2n) is 2.92. The van der Waals surface area contributed by atoms with Crippen LogP contribution in [0.3, 0.4) is 0 Å². The fourth-order valence-electron chi connectivity index (χ4n) is 1.09. The van der Waals surface area contributed by atoms with E-state index in [0.717, 1.165) is 12.8 Å². The van der Waals surface area contributed by atoms with Crippen LogP contribution in [0.15, 0.2) is 24.8 Å². The van der Waals surface area contributed by atoms with Gasteiger partial charge in [-0.05, 0) is 31.9 Å². The second-order valence-corrected chi connectivity index (χ2v) is 4.24. The van der Waals surface area contributed by atoms with Gasteiger partial charge in [0.05, 0.1) is 0 Å². The molecular formula is C10H15NS. The highest BCUT2D eigenvalue weighted by Crippen LogP contribution is 2.23. The maximum absolute atomic E-state index is 5.96. The molecule has 0 saturated carbocycles. The summed E-state index contributed by atoms with van der Waals surface area (Å²) in [7, 11) is 0. The first-order valence-corrected chi connectivity index (χ1v) is 4.98. The van der Waals surface area contributed by atoms with E-state index in [4.69, 9.17) is 5.73 Å². The first-order valence-electron chi connectivity index (χ1n) is 4.17. The van der Waals surface area contributed by atoms with E-state index < -0.39 is 0 Å². The van der Waals surface area contributed by atoms with Gasteiger partial charge >= 0.3 is 0 Å². The van der Waals surface area contributed by atoms with Crippen LogP contribution in [0, 0.1) is 6.92 Å². The average Bonchev–Trinajstić information content (AvgIpc) is 2.47. The van der Waals surface area contributed by atoms with E-state index in [-0.39, 0.29) is 6.04 Å². The van der Waals surface area contributed by atoms with Gasteiger partial charge in [-0.15, -0.1) is 17.9 Å². The Labute approximate surface area is 77.9 Å². The highest BCUT2D eigenvalue weighted by molar-refractivity contribution is 7.12. The lowest BCUT2D eigenvalue weighted by Crippen LogP contribution is -2.07. The van der Waals surface area contributed by atoms with E-state index in [1.54, 1.807) is 11.3 Å². The van der Waals surface area contributed by atoms with E-state index in [1.165, 1.54) is 9.75 Å². The highest BCUT2D eigenvalue weighted by atomic mass is 32.1. The maximum Gasteiger partial charge on any atom is 0.0392 e. The van der Waals surface area contributed by atoms with Crippen LogP contribution in [0.4, 0.5) is 0 Å². The van der Waals surface area contributed by atoms with Crippen LogP contribution in [0.25, 0.3) is 0 Å². The first kappa shape index (κ1) is 9.49. The third kappa shape index (κ3) is 2.47. The molecule has 0 aliphatic heterocycles. The Bertz CT molecular complexity index is 252. The lowest BCUT2D eigenvalue weighted by atomic mass is 10.1. The van der Waals surface area contributed by atoms with Crippen LogP contribution in [-0.2, 0) is 0 Å². The summed E-state index contributed by atoms with van der Waals surface area (Å²) < 4.78 is 0. The molecule has 1 nitrogen and oxygen atoms in total. The van der Waals surface area contributed by atoms with Gasteiger partial charge in [-0.25, -0.2) is 0 Å². The van der Waals surface area contributed by atoms with Crippen molar-refractivity contribution in [1.29, 1.82) is 0 Å². The molecule has 12 heavy (non-hydrogen) atoms. The quantitative estimate of drug-likeness (QED) is 0.710. The Morgan fingerprint density at radius 3 is 2.92 bits per heavy atom. The number of rotatable bonds is 4. The van der Waals surface area contributed by atoms with E-state index >= 15 is 0 Å². The molecule has 1 heterocycles. The van der Waals surface area contributed by atoms with Crippen molar-refractivity contribution in [2.75, 3.05) is 0 Å². The van der Waals surface area contributed by atoms with Crippen molar-refractivity contribution >= 4 is 11.3 Å². The van der Waals surface area contributed by atoms with Gasteiger partial charge in [0.15, 0.2) is 0 Å². The minimum Gasteiger partial charge on any atom is -0.323 e. The van der Waals surface area contributed by atoms with Crippen molar-refractivity contribution in [2.45, 2.75) is 25.8 Å². The molecule has 0 radical (unpaired) electrons. The van der Waals surface area contributed by atoms with Crippen molar-refractivity contribution < 1.29 is 0 Å². The monoisotopic (exact) mass is 181 g/mol. The summed E-state index contributed by atoms with van der Waals surface area (Å²) in [5, 5.41) is 0. The number of thiophene rings is 1. The Kier molecular flexibility index (Phi) is 3.50. The lowest BCUT2D eigenvalue weighted by molar-refractivity contribution is 0.673. The summed E-state index contributed by atoms with van der Waals surface area (Å²) >= 11 is 1.79. The number of nitrogens with two attached hydrogens (primary N) is 1. The molecule has 1 rings (SSSR count). The Balaban J connectivity index is 2.52. The molecule has 2 heteroatoms. The van der Waals surface area contributed by atoms with Crippen molar-refractivity contribution in [2.24, 2.45) is 5.73 Å². The van der Waals surface area contributed by atoms with Crippen LogP contribution in [0.5, 0.6) is 0 Å². The fraction of sp³-hybridized carbons (Fsp3) is 0.400. The van der Waals surface area contributed by atoms with Gasteiger partial charge in [-0.3, -0.25) is 0 Å². The predicted molar refractivity (Wildman–Crippen MR) is 55.4 cm³/mol. The van der Waals surface area contributed by atoms with Crippen LogP contribution in [0.2, 0.25) is 0 Å². The summed E-state index contributed by atoms with van der Waals surface area (Å²) in [5.74, 6) is 0. The van der Waals surface area contributed by atoms with E-state index in [1.807, 2.05) is 6.08 Å². The van der Waals surface area contributed by atoms with Crippen LogP contribution in [0.1, 0.15) is 28.6 Å². The normalized spacial score (nSPS) is 12.8. The van der Waals surface area contributed by atoms with Gasteiger partial charge in [0.2, 0.25) is 0 Å². The Morgan fingerprint density at radius 2 is 2.42 bits per heavy atom. The molecule has 2 N–H and O–H groups in total. The molecule has 0 saturated heterocycles. The molecule has 0 aliphatic carbocycles. The molecule has 0 amide bonds. The summed E-state index contributed by atoms with van der Waals surface area (Å²) in [6.07, 6.45) is 3.92. The van der Waals surface area contributed by atoms with Crippen molar-refractivity contribution in [3.05, 3.63) is 34.5 Å². The zero-order valence-electron chi connectivity index (χ0n) is 7.42. The predicted octanol–water partition coefficient (Wildman–Crippen LogP) is 3.02. The molecule has 1 aromatic heterocycles. The minimum absolute atomic E-state index is 0.196. The molecule has 1 atom stereocenters. The molecular weight excluding hydrogens is 166 g/mol. The summed E-state index contributed by atoms with van der Waals surface area (Å²) in [5.41, 5.74) is 5.96. The lowest BCUT2D eigenvalue weighted by Gasteiger charge is -2.06. The molecule has 66 valence electrons. The zero-order chi connectivity index (χ0) is 8.97. The Hall–Kier alpha value is -0.600. The molecule has 0 bridgehead atoms. The maximum atomic E-state index is 5.96. The molecule has 0 aromatic carbocycles. The van der Waals surface area contributed by atoms with Crippen LogP contribution in [-0.4, -0.2) is 0 Å². The third-order valence-corrected chi connectivity index (χ3v) is 2.94. The van der Waals surface area contributed by atoms with Gasteiger partial charge < -0.3 is 5.73 Å². The van der Waals surface area contributed by atoms with Gasteiger partial charge in [-0.1, -0.05) is 6.08 Å². The van der Waals surface area contributed by atoms with E-state index in [0.29, 0.717) is 0 Å². The first-order chi connectivity index (χ1) is 5.74. The number of allylic oxidation sites excluding steroid dienone is 1. The zero-order valence-corrected chi connectivity index (χ0v) is 8.23. The molecule has 0 fully saturated rings. The number of hydrogen-bond acceptors (Lipinski definition) is 2. The Morgan fingerprint density at radius 1 is 1.67 bits per heavy atom. The van der Waals surface area contributed by atoms with Gasteiger partial charge in [0, 0.05) is 15.8 Å². The van der Waals surface area contributed by atoms with Crippen molar-refractivity contribution in [1.82, 2.24) is 0 Å². The summed E-state index contributed by atoms with van der Waals surface area (Å²) in [4.78, 5) is 2.62. The smallest absolute Gasteiger partial charge is 0.0392 e. The van der Waals surface area contributed by atoms with Gasteiger partial charge in [0.1, 0.15) is 0 Å². The fourth-order valence-corrected chi connectivity index (χ4v) is 2.01. The molecule has 0 aliphatic rings. The topological polar surface area (TPSA) is 26.0 Å². The van der Waals surface area contributed by atoms with E-state index in [2.05, 4.69) is 25.6 Å². The number of hydrogen-bond donors (Lipinski definition) is 1. The van der Waals surface area contributed by atoms with Crippen LogP contribution >= 0.6 is 11.3 Å². The van der Waals surface area contributed by atoms with Gasteiger partial charge in [-0.2, -0.15) is 0 Å². The third-order valence-electron chi connectivity index (χ3n) is 1.81.